The lowest BCUT2D eigenvalue weighted by atomic mass is 9.83. The van der Waals surface area contributed by atoms with Crippen molar-refractivity contribution >= 4 is 11.9 Å². The first kappa shape index (κ1) is 32.6. The lowest BCUT2D eigenvalue weighted by Gasteiger charge is -2.28. The van der Waals surface area contributed by atoms with E-state index in [2.05, 4.69) is 58.2 Å². The summed E-state index contributed by atoms with van der Waals surface area (Å²) in [6.45, 7) is 15.3. The number of ether oxygens (including phenoxy) is 2. The summed E-state index contributed by atoms with van der Waals surface area (Å²) in [4.78, 5) is 24.1. The first-order chi connectivity index (χ1) is 17.7. The molecule has 3 atom stereocenters. The molecule has 0 saturated heterocycles. The molecule has 0 radical (unpaired) electrons. The Morgan fingerprint density at radius 1 is 0.811 bits per heavy atom. The Hall–Kier alpha value is -2.40. The molecule has 0 heterocycles. The number of aliphatic hydroxyl groups is 1. The zero-order chi connectivity index (χ0) is 27.6. The summed E-state index contributed by atoms with van der Waals surface area (Å²) in [6, 6.07) is 9.09. The van der Waals surface area contributed by atoms with Crippen LogP contribution in [0.1, 0.15) is 90.2 Å². The Labute approximate surface area is 225 Å². The van der Waals surface area contributed by atoms with E-state index in [0.29, 0.717) is 11.5 Å². The van der Waals surface area contributed by atoms with E-state index in [1.54, 1.807) is 6.92 Å². The van der Waals surface area contributed by atoms with Gasteiger partial charge in [-0.2, -0.15) is 0 Å². The molecule has 208 valence electrons. The van der Waals surface area contributed by atoms with Gasteiger partial charge in [-0.25, -0.2) is 9.59 Å². The summed E-state index contributed by atoms with van der Waals surface area (Å²) in [7, 11) is 0. The smallest absolute Gasteiger partial charge is 0.335 e. The molecular weight excluding hydrogens is 464 g/mol. The number of aliphatic hydroxyl groups excluding tert-OH is 1. The molecule has 0 saturated carbocycles. The van der Waals surface area contributed by atoms with E-state index in [4.69, 9.17) is 14.6 Å². The Balaban J connectivity index is 2.68. The fourth-order valence-corrected chi connectivity index (χ4v) is 4.47. The van der Waals surface area contributed by atoms with Crippen molar-refractivity contribution in [2.45, 2.75) is 91.9 Å². The lowest BCUT2D eigenvalue weighted by Crippen LogP contribution is -2.29. The van der Waals surface area contributed by atoms with Crippen molar-refractivity contribution in [1.29, 1.82) is 0 Å². The van der Waals surface area contributed by atoms with Crippen LogP contribution in [0.4, 0.5) is 0 Å². The molecule has 1 rings (SSSR count). The molecule has 5 heteroatoms. The number of esters is 2. The molecule has 0 aliphatic heterocycles. The van der Waals surface area contributed by atoms with Gasteiger partial charge in [0.1, 0.15) is 0 Å². The van der Waals surface area contributed by atoms with E-state index >= 15 is 0 Å². The van der Waals surface area contributed by atoms with Gasteiger partial charge in [0.05, 0.1) is 25.4 Å². The first-order valence-electron chi connectivity index (χ1n) is 14.1. The van der Waals surface area contributed by atoms with Crippen LogP contribution in [0.2, 0.25) is 0 Å². The Morgan fingerprint density at radius 2 is 1.41 bits per heavy atom. The number of hydrogen-bond acceptors (Lipinski definition) is 5. The first-order valence-corrected chi connectivity index (χ1v) is 14.1. The summed E-state index contributed by atoms with van der Waals surface area (Å²) in [6.07, 6.45) is 11.1. The third-order valence-corrected chi connectivity index (χ3v) is 7.06. The molecule has 3 unspecified atom stereocenters. The molecular formula is C32H50O5. The zero-order valence-electron chi connectivity index (χ0n) is 23.7. The number of rotatable bonds is 20. The molecule has 37 heavy (non-hydrogen) atoms. The quantitative estimate of drug-likeness (QED) is 0.115. The van der Waals surface area contributed by atoms with Crippen LogP contribution in [0.3, 0.4) is 0 Å². The van der Waals surface area contributed by atoms with E-state index in [0.717, 1.165) is 44.9 Å². The predicted molar refractivity (Wildman–Crippen MR) is 151 cm³/mol. The number of benzene rings is 1. The minimum atomic E-state index is -0.612. The van der Waals surface area contributed by atoms with Crippen LogP contribution in [0, 0.1) is 17.8 Å². The van der Waals surface area contributed by atoms with E-state index in [1.807, 2.05) is 0 Å². The Kier molecular flexibility index (Phi) is 16.6. The molecule has 1 aromatic rings. The highest BCUT2D eigenvalue weighted by Gasteiger charge is 2.25. The largest absolute Gasteiger partial charge is 0.462 e. The van der Waals surface area contributed by atoms with Gasteiger partial charge in [0, 0.05) is 11.5 Å². The van der Waals surface area contributed by atoms with Crippen molar-refractivity contribution in [3.05, 3.63) is 59.7 Å². The van der Waals surface area contributed by atoms with Crippen molar-refractivity contribution in [3.63, 3.8) is 0 Å². The lowest BCUT2D eigenvalue weighted by molar-refractivity contribution is -0.145. The zero-order valence-corrected chi connectivity index (χ0v) is 23.7. The van der Waals surface area contributed by atoms with Crippen LogP contribution in [0.25, 0.3) is 0 Å². The molecule has 0 aliphatic carbocycles. The summed E-state index contributed by atoms with van der Waals surface area (Å²) in [5.41, 5.74) is 3.18. The van der Waals surface area contributed by atoms with Gasteiger partial charge in [-0.05, 0) is 62.0 Å². The SMILES string of the molecule is C=C(C)C(=O)OCC(COC(=O)C(=C)CO)C(CCC)CCC(C)CCc1ccc(CCCCC)cc1. The molecule has 1 N–H and O–H groups in total. The van der Waals surface area contributed by atoms with Crippen molar-refractivity contribution in [3.8, 4) is 0 Å². The number of carbonyl (C=O) groups is 2. The van der Waals surface area contributed by atoms with Crippen molar-refractivity contribution in [2.75, 3.05) is 19.8 Å². The molecule has 0 amide bonds. The normalized spacial score (nSPS) is 13.4. The molecule has 0 aromatic heterocycles. The third-order valence-electron chi connectivity index (χ3n) is 7.06. The highest BCUT2D eigenvalue weighted by Crippen LogP contribution is 2.28. The number of aryl methyl sites for hydroxylation is 2. The maximum atomic E-state index is 12.1. The fourth-order valence-electron chi connectivity index (χ4n) is 4.47. The van der Waals surface area contributed by atoms with Crippen LogP contribution in [0.15, 0.2) is 48.6 Å². The van der Waals surface area contributed by atoms with E-state index < -0.39 is 18.5 Å². The second-order valence-corrected chi connectivity index (χ2v) is 10.5. The predicted octanol–water partition coefficient (Wildman–Crippen LogP) is 7.01. The van der Waals surface area contributed by atoms with E-state index in [-0.39, 0.29) is 30.6 Å². The average Bonchev–Trinajstić information content (AvgIpc) is 2.90. The maximum absolute atomic E-state index is 12.1. The highest BCUT2D eigenvalue weighted by molar-refractivity contribution is 5.88. The van der Waals surface area contributed by atoms with E-state index in [9.17, 15) is 9.59 Å². The topological polar surface area (TPSA) is 72.8 Å². The maximum Gasteiger partial charge on any atom is 0.335 e. The number of unbranched alkanes of at least 4 members (excludes halogenated alkanes) is 2. The molecule has 0 spiro atoms. The summed E-state index contributed by atoms with van der Waals surface area (Å²) in [5, 5.41) is 9.16. The van der Waals surface area contributed by atoms with Gasteiger partial charge in [0.25, 0.3) is 0 Å². The van der Waals surface area contributed by atoms with Crippen molar-refractivity contribution in [2.24, 2.45) is 17.8 Å². The molecule has 1 aromatic carbocycles. The molecule has 0 bridgehead atoms. The van der Waals surface area contributed by atoms with Gasteiger partial charge in [-0.3, -0.25) is 0 Å². The van der Waals surface area contributed by atoms with Crippen LogP contribution in [-0.2, 0) is 31.9 Å². The third kappa shape index (κ3) is 13.6. The summed E-state index contributed by atoms with van der Waals surface area (Å²) >= 11 is 0. The highest BCUT2D eigenvalue weighted by atomic mass is 16.5. The minimum Gasteiger partial charge on any atom is -0.462 e. The van der Waals surface area contributed by atoms with Gasteiger partial charge < -0.3 is 14.6 Å². The molecule has 5 nitrogen and oxygen atoms in total. The monoisotopic (exact) mass is 514 g/mol. The fraction of sp³-hybridized carbons (Fsp3) is 0.625. The minimum absolute atomic E-state index is 0.0207. The Bertz CT molecular complexity index is 826. The summed E-state index contributed by atoms with van der Waals surface area (Å²) < 4.78 is 10.9. The van der Waals surface area contributed by atoms with Gasteiger partial charge in [-0.1, -0.05) is 90.3 Å². The second-order valence-electron chi connectivity index (χ2n) is 10.5. The number of hydrogen-bond donors (Lipinski definition) is 1. The van der Waals surface area contributed by atoms with E-state index in [1.165, 1.54) is 30.4 Å². The van der Waals surface area contributed by atoms with Crippen LogP contribution in [0.5, 0.6) is 0 Å². The number of carbonyl (C=O) groups excluding carboxylic acids is 2. The van der Waals surface area contributed by atoms with Gasteiger partial charge in [-0.15, -0.1) is 0 Å². The molecule has 0 aliphatic rings. The van der Waals surface area contributed by atoms with Crippen LogP contribution < -0.4 is 0 Å². The van der Waals surface area contributed by atoms with Crippen molar-refractivity contribution in [1.82, 2.24) is 0 Å². The van der Waals surface area contributed by atoms with Gasteiger partial charge in [0.2, 0.25) is 0 Å². The second kappa shape index (κ2) is 18.8. The summed E-state index contributed by atoms with van der Waals surface area (Å²) in [5.74, 6) is -0.358. The standard InChI is InChI=1S/C32H50O5/c1-7-9-10-12-27-16-18-28(19-17-27)15-13-25(5)14-20-29(11-8-2)30(22-36-31(34)24(3)4)23-37-32(35)26(6)21-33/h16-19,25,29-30,33H,3,6-15,20-23H2,1-2,4-5H3. The average molecular weight is 515 g/mol. The van der Waals surface area contributed by atoms with Gasteiger partial charge in [0.15, 0.2) is 0 Å². The Morgan fingerprint density at radius 3 is 1.95 bits per heavy atom. The van der Waals surface area contributed by atoms with Crippen molar-refractivity contribution < 1.29 is 24.2 Å². The molecule has 0 fully saturated rings. The van der Waals surface area contributed by atoms with Gasteiger partial charge >= 0.3 is 11.9 Å². The van der Waals surface area contributed by atoms with Crippen LogP contribution >= 0.6 is 0 Å². The van der Waals surface area contributed by atoms with Crippen LogP contribution in [-0.4, -0.2) is 36.9 Å².